The first kappa shape index (κ1) is 12.1. The summed E-state index contributed by atoms with van der Waals surface area (Å²) in [4.78, 5) is 0. The van der Waals surface area contributed by atoms with E-state index < -0.39 is 0 Å². The highest BCUT2D eigenvalue weighted by Crippen LogP contribution is 2.24. The third-order valence-corrected chi connectivity index (χ3v) is 2.61. The molecule has 0 saturated carbocycles. The van der Waals surface area contributed by atoms with Gasteiger partial charge in [0.2, 0.25) is 0 Å². The van der Waals surface area contributed by atoms with Crippen molar-refractivity contribution in [1.82, 2.24) is 10.2 Å². The van der Waals surface area contributed by atoms with E-state index in [-0.39, 0.29) is 0 Å². The van der Waals surface area contributed by atoms with Gasteiger partial charge in [0.1, 0.15) is 5.82 Å². The molecule has 3 N–H and O–H groups in total. The van der Waals surface area contributed by atoms with E-state index in [4.69, 9.17) is 5.73 Å². The van der Waals surface area contributed by atoms with Gasteiger partial charge in [-0.25, -0.2) is 0 Å². The van der Waals surface area contributed by atoms with Crippen LogP contribution in [0.5, 0.6) is 0 Å². The van der Waals surface area contributed by atoms with Gasteiger partial charge in [-0.05, 0) is 24.7 Å². The van der Waals surface area contributed by atoms with Gasteiger partial charge >= 0.3 is 0 Å². The quantitative estimate of drug-likeness (QED) is 0.801. The number of nitrogens with zero attached hydrogens (tertiary/aromatic N) is 1. The first-order valence-corrected chi connectivity index (χ1v) is 5.75. The lowest BCUT2D eigenvalue weighted by Gasteiger charge is -2.17. The molecule has 0 amide bonds. The zero-order valence-corrected chi connectivity index (χ0v) is 10.4. The van der Waals surface area contributed by atoms with Crippen LogP contribution in [0.25, 0.3) is 0 Å². The van der Waals surface area contributed by atoms with Crippen molar-refractivity contribution in [2.45, 2.75) is 53.4 Å². The number of nitrogen functional groups attached to an aromatic ring is 1. The minimum absolute atomic E-state index is 0.364. The Labute approximate surface area is 92.5 Å². The number of anilines is 1. The van der Waals surface area contributed by atoms with Gasteiger partial charge in [0.15, 0.2) is 0 Å². The Morgan fingerprint density at radius 2 is 1.93 bits per heavy atom. The molecule has 0 bridgehead atoms. The molecule has 1 aromatic heterocycles. The standard InChI is InChI=1S/C12H23N3/c1-5-6-9-10(14-15-11(9)13)7-8-12(2,3)4/h5-8H2,1-4H3,(H3,13,14,15). The van der Waals surface area contributed by atoms with Crippen molar-refractivity contribution in [3.05, 3.63) is 11.3 Å². The zero-order chi connectivity index (χ0) is 11.5. The first-order valence-electron chi connectivity index (χ1n) is 5.75. The summed E-state index contributed by atoms with van der Waals surface area (Å²) in [7, 11) is 0. The van der Waals surface area contributed by atoms with E-state index in [0.717, 1.165) is 25.7 Å². The van der Waals surface area contributed by atoms with Crippen LogP contribution in [0.2, 0.25) is 0 Å². The molecule has 0 atom stereocenters. The molecule has 86 valence electrons. The van der Waals surface area contributed by atoms with E-state index in [1.54, 1.807) is 0 Å². The van der Waals surface area contributed by atoms with Crippen LogP contribution in [0.15, 0.2) is 0 Å². The van der Waals surface area contributed by atoms with Crippen molar-refractivity contribution in [1.29, 1.82) is 0 Å². The first-order chi connectivity index (χ1) is 6.94. The maximum atomic E-state index is 5.82. The number of H-pyrrole nitrogens is 1. The highest BCUT2D eigenvalue weighted by molar-refractivity contribution is 5.42. The van der Waals surface area contributed by atoms with Crippen molar-refractivity contribution in [3.8, 4) is 0 Å². The summed E-state index contributed by atoms with van der Waals surface area (Å²) in [6, 6.07) is 0. The molecule has 0 unspecified atom stereocenters. The average Bonchev–Trinajstić information content (AvgIpc) is 2.45. The summed E-state index contributed by atoms with van der Waals surface area (Å²) < 4.78 is 0. The predicted molar refractivity (Wildman–Crippen MR) is 64.8 cm³/mol. The lowest BCUT2D eigenvalue weighted by atomic mass is 9.89. The van der Waals surface area contributed by atoms with Crippen LogP contribution in [0, 0.1) is 5.41 Å². The third-order valence-electron chi connectivity index (χ3n) is 2.61. The topological polar surface area (TPSA) is 54.7 Å². The molecule has 1 aromatic rings. The summed E-state index contributed by atoms with van der Waals surface area (Å²) in [5.41, 5.74) is 8.64. The summed E-state index contributed by atoms with van der Waals surface area (Å²) in [5, 5.41) is 7.15. The number of hydrogen-bond acceptors (Lipinski definition) is 2. The van der Waals surface area contributed by atoms with Gasteiger partial charge in [-0.1, -0.05) is 34.1 Å². The molecule has 15 heavy (non-hydrogen) atoms. The van der Waals surface area contributed by atoms with E-state index >= 15 is 0 Å². The molecule has 1 heterocycles. The highest BCUT2D eigenvalue weighted by Gasteiger charge is 2.14. The zero-order valence-electron chi connectivity index (χ0n) is 10.4. The van der Waals surface area contributed by atoms with E-state index in [1.165, 1.54) is 11.3 Å². The number of aromatic nitrogens is 2. The van der Waals surface area contributed by atoms with E-state index in [1.807, 2.05) is 0 Å². The molecule has 0 aliphatic rings. The maximum absolute atomic E-state index is 5.82. The van der Waals surface area contributed by atoms with Gasteiger partial charge in [-0.15, -0.1) is 0 Å². The summed E-state index contributed by atoms with van der Waals surface area (Å²) in [5.74, 6) is 0.681. The van der Waals surface area contributed by atoms with Crippen LogP contribution in [0.4, 0.5) is 5.82 Å². The number of hydrogen-bond donors (Lipinski definition) is 2. The summed E-state index contributed by atoms with van der Waals surface area (Å²) in [6.45, 7) is 8.94. The summed E-state index contributed by atoms with van der Waals surface area (Å²) >= 11 is 0. The second-order valence-corrected chi connectivity index (χ2v) is 5.38. The van der Waals surface area contributed by atoms with Crippen LogP contribution in [-0.4, -0.2) is 10.2 Å². The highest BCUT2D eigenvalue weighted by atomic mass is 15.2. The largest absolute Gasteiger partial charge is 0.382 e. The molecular weight excluding hydrogens is 186 g/mol. The van der Waals surface area contributed by atoms with Crippen molar-refractivity contribution >= 4 is 5.82 Å². The Morgan fingerprint density at radius 1 is 1.27 bits per heavy atom. The molecule has 3 heteroatoms. The van der Waals surface area contributed by atoms with E-state index in [0.29, 0.717) is 11.2 Å². The van der Waals surface area contributed by atoms with Crippen molar-refractivity contribution in [2.75, 3.05) is 5.73 Å². The smallest absolute Gasteiger partial charge is 0.148 e. The van der Waals surface area contributed by atoms with Gasteiger partial charge in [0, 0.05) is 11.3 Å². The molecule has 0 radical (unpaired) electrons. The number of aromatic amines is 1. The Bertz CT molecular complexity index is 307. The van der Waals surface area contributed by atoms with Crippen molar-refractivity contribution < 1.29 is 0 Å². The minimum Gasteiger partial charge on any atom is -0.382 e. The van der Waals surface area contributed by atoms with Gasteiger partial charge in [-0.3, -0.25) is 5.10 Å². The lowest BCUT2D eigenvalue weighted by molar-refractivity contribution is 0.376. The SMILES string of the molecule is CCCc1c(N)n[nH]c1CCC(C)(C)C. The Morgan fingerprint density at radius 3 is 2.47 bits per heavy atom. The maximum Gasteiger partial charge on any atom is 0.148 e. The third kappa shape index (κ3) is 3.57. The van der Waals surface area contributed by atoms with Crippen LogP contribution in [0.1, 0.15) is 51.8 Å². The van der Waals surface area contributed by atoms with Crippen LogP contribution in [-0.2, 0) is 12.8 Å². The lowest BCUT2D eigenvalue weighted by Crippen LogP contribution is -2.07. The molecule has 0 fully saturated rings. The monoisotopic (exact) mass is 209 g/mol. The molecule has 3 nitrogen and oxygen atoms in total. The number of aryl methyl sites for hydroxylation is 1. The molecule has 0 saturated heterocycles. The fraction of sp³-hybridized carbons (Fsp3) is 0.750. The number of rotatable bonds is 4. The Hall–Kier alpha value is -0.990. The van der Waals surface area contributed by atoms with Crippen molar-refractivity contribution in [3.63, 3.8) is 0 Å². The molecule has 0 aliphatic carbocycles. The van der Waals surface area contributed by atoms with Crippen LogP contribution >= 0.6 is 0 Å². The van der Waals surface area contributed by atoms with Crippen LogP contribution < -0.4 is 5.73 Å². The molecule has 0 aliphatic heterocycles. The predicted octanol–water partition coefficient (Wildman–Crippen LogP) is 2.92. The van der Waals surface area contributed by atoms with Gasteiger partial charge < -0.3 is 5.73 Å². The average molecular weight is 209 g/mol. The van der Waals surface area contributed by atoms with Gasteiger partial charge in [0.25, 0.3) is 0 Å². The molecule has 0 spiro atoms. The molecular formula is C12H23N3. The van der Waals surface area contributed by atoms with Crippen LogP contribution in [0.3, 0.4) is 0 Å². The normalized spacial score (nSPS) is 12.0. The summed E-state index contributed by atoms with van der Waals surface area (Å²) in [6.07, 6.45) is 4.35. The number of nitrogens with one attached hydrogen (secondary N) is 1. The fourth-order valence-corrected chi connectivity index (χ4v) is 1.65. The van der Waals surface area contributed by atoms with Gasteiger partial charge in [-0.2, -0.15) is 5.10 Å². The fourth-order valence-electron chi connectivity index (χ4n) is 1.65. The second kappa shape index (κ2) is 4.69. The second-order valence-electron chi connectivity index (χ2n) is 5.38. The molecule has 0 aromatic carbocycles. The van der Waals surface area contributed by atoms with Crippen molar-refractivity contribution in [2.24, 2.45) is 5.41 Å². The Balaban J connectivity index is 2.68. The van der Waals surface area contributed by atoms with E-state index in [2.05, 4.69) is 37.9 Å². The van der Waals surface area contributed by atoms with E-state index in [9.17, 15) is 0 Å². The van der Waals surface area contributed by atoms with Gasteiger partial charge in [0.05, 0.1) is 0 Å². The molecule has 1 rings (SSSR count). The minimum atomic E-state index is 0.364. The Kier molecular flexibility index (Phi) is 3.77. The number of nitrogens with two attached hydrogens (primary N) is 1.